The molecule has 0 aliphatic heterocycles. The molecule has 1 N–H and O–H groups in total. The number of fused-ring (bicyclic) bond motifs is 1. The summed E-state index contributed by atoms with van der Waals surface area (Å²) < 4.78 is 27.7. The lowest BCUT2D eigenvalue weighted by Crippen LogP contribution is -2.04. The van der Waals surface area contributed by atoms with Crippen molar-refractivity contribution in [3.8, 4) is 0 Å². The summed E-state index contributed by atoms with van der Waals surface area (Å²) in [6, 6.07) is 13.5. The molecular formula is C17H11ClF2O. The molecule has 4 heteroatoms. The van der Waals surface area contributed by atoms with Crippen molar-refractivity contribution in [2.75, 3.05) is 0 Å². The van der Waals surface area contributed by atoms with Gasteiger partial charge >= 0.3 is 0 Å². The Morgan fingerprint density at radius 1 is 0.810 bits per heavy atom. The molecule has 0 bridgehead atoms. The molecule has 1 nitrogen and oxygen atoms in total. The average molecular weight is 305 g/mol. The molecular weight excluding hydrogens is 294 g/mol. The van der Waals surface area contributed by atoms with Gasteiger partial charge in [0.2, 0.25) is 0 Å². The van der Waals surface area contributed by atoms with Crippen molar-refractivity contribution in [3.05, 3.63) is 82.4 Å². The molecule has 0 fully saturated rings. The first-order valence-electron chi connectivity index (χ1n) is 6.38. The Hall–Kier alpha value is -1.97. The number of benzene rings is 3. The Labute approximate surface area is 125 Å². The zero-order valence-corrected chi connectivity index (χ0v) is 11.6. The minimum absolute atomic E-state index is 0.0688. The molecule has 0 heterocycles. The molecule has 0 amide bonds. The van der Waals surface area contributed by atoms with E-state index in [-0.39, 0.29) is 11.4 Å². The fraction of sp³-hybridized carbons (Fsp3) is 0.0588. The molecule has 0 aromatic heterocycles. The zero-order valence-electron chi connectivity index (χ0n) is 10.9. The van der Waals surface area contributed by atoms with Gasteiger partial charge in [-0.1, -0.05) is 41.9 Å². The number of aliphatic hydroxyl groups excluding tert-OH is 1. The zero-order chi connectivity index (χ0) is 15.0. The van der Waals surface area contributed by atoms with Crippen LogP contribution in [0.4, 0.5) is 8.78 Å². The van der Waals surface area contributed by atoms with Crippen molar-refractivity contribution in [1.82, 2.24) is 0 Å². The molecule has 0 aliphatic carbocycles. The molecule has 3 rings (SSSR count). The lowest BCUT2D eigenvalue weighted by atomic mass is 9.95. The van der Waals surface area contributed by atoms with Crippen LogP contribution in [-0.2, 0) is 0 Å². The summed E-state index contributed by atoms with van der Waals surface area (Å²) in [6.07, 6.45) is -1.21. The van der Waals surface area contributed by atoms with Crippen LogP contribution in [0.15, 0.2) is 54.6 Å². The fourth-order valence-corrected chi connectivity index (χ4v) is 2.60. The molecule has 21 heavy (non-hydrogen) atoms. The minimum Gasteiger partial charge on any atom is -0.384 e. The predicted molar refractivity (Wildman–Crippen MR) is 79.4 cm³/mol. The Bertz CT molecular complexity index is 817. The topological polar surface area (TPSA) is 20.2 Å². The standard InChI is InChI=1S/C17H11ClF2O/c18-10-5-7-16(20)14(9-10)17(21)13-6-8-15(19)12-4-2-1-3-11(12)13/h1-9,17,21H. The predicted octanol–water partition coefficient (Wildman–Crippen LogP) is 4.85. The van der Waals surface area contributed by atoms with Crippen LogP contribution >= 0.6 is 11.6 Å². The molecule has 106 valence electrons. The summed E-state index contributed by atoms with van der Waals surface area (Å²) >= 11 is 5.85. The van der Waals surface area contributed by atoms with Crippen molar-refractivity contribution in [2.24, 2.45) is 0 Å². The highest BCUT2D eigenvalue weighted by atomic mass is 35.5. The molecule has 0 saturated carbocycles. The van der Waals surface area contributed by atoms with E-state index in [1.54, 1.807) is 24.3 Å². The number of rotatable bonds is 2. The van der Waals surface area contributed by atoms with Crippen LogP contribution in [0.3, 0.4) is 0 Å². The number of hydrogen-bond acceptors (Lipinski definition) is 1. The third-order valence-electron chi connectivity index (χ3n) is 3.45. The Morgan fingerprint density at radius 3 is 2.24 bits per heavy atom. The van der Waals surface area contributed by atoms with Crippen molar-refractivity contribution in [2.45, 2.75) is 6.10 Å². The Kier molecular flexibility index (Phi) is 3.62. The van der Waals surface area contributed by atoms with Crippen LogP contribution in [0.2, 0.25) is 5.02 Å². The van der Waals surface area contributed by atoms with Crippen molar-refractivity contribution in [3.63, 3.8) is 0 Å². The number of halogens is 3. The second-order valence-electron chi connectivity index (χ2n) is 4.75. The lowest BCUT2D eigenvalue weighted by molar-refractivity contribution is 0.216. The van der Waals surface area contributed by atoms with Gasteiger partial charge in [0.1, 0.15) is 17.7 Å². The summed E-state index contributed by atoms with van der Waals surface area (Å²) in [5.74, 6) is -0.937. The highest BCUT2D eigenvalue weighted by Gasteiger charge is 2.18. The third-order valence-corrected chi connectivity index (χ3v) is 3.69. The quantitative estimate of drug-likeness (QED) is 0.717. The maximum Gasteiger partial charge on any atom is 0.131 e. The average Bonchev–Trinajstić information content (AvgIpc) is 2.50. The van der Waals surface area contributed by atoms with Gasteiger partial charge in [-0.25, -0.2) is 8.78 Å². The Balaban J connectivity index is 2.20. The van der Waals surface area contributed by atoms with Gasteiger partial charge in [0.15, 0.2) is 0 Å². The van der Waals surface area contributed by atoms with Crippen molar-refractivity contribution >= 4 is 22.4 Å². The molecule has 1 atom stereocenters. The van der Waals surface area contributed by atoms with Crippen LogP contribution in [0, 0.1) is 11.6 Å². The van der Waals surface area contributed by atoms with Gasteiger partial charge in [-0.2, -0.15) is 0 Å². The highest BCUT2D eigenvalue weighted by Crippen LogP contribution is 2.32. The van der Waals surface area contributed by atoms with E-state index in [9.17, 15) is 13.9 Å². The molecule has 0 spiro atoms. The van der Waals surface area contributed by atoms with Gasteiger partial charge in [-0.05, 0) is 35.2 Å². The molecule has 1 unspecified atom stereocenters. The van der Waals surface area contributed by atoms with E-state index in [0.717, 1.165) is 0 Å². The Morgan fingerprint density at radius 2 is 1.48 bits per heavy atom. The maximum atomic E-state index is 13.9. The maximum absolute atomic E-state index is 13.9. The molecule has 3 aromatic rings. The number of hydrogen-bond donors (Lipinski definition) is 1. The van der Waals surface area contributed by atoms with Gasteiger partial charge < -0.3 is 5.11 Å². The van der Waals surface area contributed by atoms with E-state index >= 15 is 0 Å². The SMILES string of the molecule is OC(c1cc(Cl)ccc1F)c1ccc(F)c2ccccc12. The third kappa shape index (κ3) is 2.50. The van der Waals surface area contributed by atoms with E-state index in [2.05, 4.69) is 0 Å². The van der Waals surface area contributed by atoms with E-state index in [4.69, 9.17) is 11.6 Å². The van der Waals surface area contributed by atoms with Crippen LogP contribution in [0.1, 0.15) is 17.2 Å². The second kappa shape index (κ2) is 5.43. The van der Waals surface area contributed by atoms with Crippen LogP contribution in [-0.4, -0.2) is 5.11 Å². The van der Waals surface area contributed by atoms with E-state index in [0.29, 0.717) is 21.4 Å². The first-order chi connectivity index (χ1) is 10.1. The monoisotopic (exact) mass is 304 g/mol. The first kappa shape index (κ1) is 14.0. The molecule has 0 saturated heterocycles. The summed E-state index contributed by atoms with van der Waals surface area (Å²) in [6.45, 7) is 0. The number of aliphatic hydroxyl groups is 1. The van der Waals surface area contributed by atoms with Crippen LogP contribution < -0.4 is 0 Å². The molecule has 3 aromatic carbocycles. The van der Waals surface area contributed by atoms with Gasteiger partial charge in [0.25, 0.3) is 0 Å². The largest absolute Gasteiger partial charge is 0.384 e. The smallest absolute Gasteiger partial charge is 0.131 e. The van der Waals surface area contributed by atoms with Crippen molar-refractivity contribution < 1.29 is 13.9 Å². The minimum atomic E-state index is -1.21. The first-order valence-corrected chi connectivity index (χ1v) is 6.76. The summed E-state index contributed by atoms with van der Waals surface area (Å²) in [5, 5.41) is 11.7. The normalized spacial score (nSPS) is 12.6. The molecule has 0 aliphatic rings. The van der Waals surface area contributed by atoms with Gasteiger partial charge in [0, 0.05) is 16.0 Å². The van der Waals surface area contributed by atoms with Gasteiger partial charge in [-0.3, -0.25) is 0 Å². The summed E-state index contributed by atoms with van der Waals surface area (Å²) in [7, 11) is 0. The fourth-order valence-electron chi connectivity index (χ4n) is 2.42. The lowest BCUT2D eigenvalue weighted by Gasteiger charge is -2.15. The van der Waals surface area contributed by atoms with E-state index in [1.807, 2.05) is 0 Å². The van der Waals surface area contributed by atoms with Gasteiger partial charge in [0.05, 0.1) is 0 Å². The van der Waals surface area contributed by atoms with E-state index in [1.165, 1.54) is 30.3 Å². The molecule has 0 radical (unpaired) electrons. The van der Waals surface area contributed by atoms with E-state index < -0.39 is 11.9 Å². The summed E-state index contributed by atoms with van der Waals surface area (Å²) in [5.41, 5.74) is 0.507. The van der Waals surface area contributed by atoms with Crippen molar-refractivity contribution in [1.29, 1.82) is 0 Å². The van der Waals surface area contributed by atoms with Crippen LogP contribution in [0.5, 0.6) is 0 Å². The van der Waals surface area contributed by atoms with Crippen LogP contribution in [0.25, 0.3) is 10.8 Å². The second-order valence-corrected chi connectivity index (χ2v) is 5.19. The highest BCUT2D eigenvalue weighted by molar-refractivity contribution is 6.30. The van der Waals surface area contributed by atoms with Gasteiger partial charge in [-0.15, -0.1) is 0 Å². The summed E-state index contributed by atoms with van der Waals surface area (Å²) in [4.78, 5) is 0.